The Morgan fingerprint density at radius 2 is 1.69 bits per heavy atom. The van der Waals surface area contributed by atoms with E-state index in [2.05, 4.69) is 10.6 Å². The Bertz CT molecular complexity index is 294. The number of imide groups is 2. The van der Waals surface area contributed by atoms with Gasteiger partial charge >= 0.3 is 6.03 Å². The molecule has 0 spiro atoms. The first kappa shape index (κ1) is 12.6. The lowest BCUT2D eigenvalue weighted by atomic mass is 9.82. The van der Waals surface area contributed by atoms with Crippen molar-refractivity contribution in [3.05, 3.63) is 0 Å². The van der Waals surface area contributed by atoms with Crippen molar-refractivity contribution < 1.29 is 19.1 Å². The zero-order chi connectivity index (χ0) is 12.2. The van der Waals surface area contributed by atoms with Crippen molar-refractivity contribution in [2.24, 2.45) is 5.41 Å². The van der Waals surface area contributed by atoms with E-state index in [0.29, 0.717) is 13.0 Å². The molecule has 1 aliphatic heterocycles. The van der Waals surface area contributed by atoms with Gasteiger partial charge in [0.25, 0.3) is 0 Å². The van der Waals surface area contributed by atoms with Crippen molar-refractivity contribution in [2.45, 2.75) is 26.7 Å². The summed E-state index contributed by atoms with van der Waals surface area (Å²) in [5.74, 6) is -1.17. The van der Waals surface area contributed by atoms with E-state index in [4.69, 9.17) is 4.74 Å². The first-order chi connectivity index (χ1) is 7.56. The molecular weight excluding hydrogens is 212 g/mol. The Morgan fingerprint density at radius 1 is 1.12 bits per heavy atom. The van der Waals surface area contributed by atoms with E-state index < -0.39 is 23.3 Å². The average Bonchev–Trinajstić information content (AvgIpc) is 2.22. The van der Waals surface area contributed by atoms with Crippen LogP contribution in [0.2, 0.25) is 0 Å². The number of hydrogen-bond acceptors (Lipinski definition) is 4. The average molecular weight is 228 g/mol. The molecule has 16 heavy (non-hydrogen) atoms. The fourth-order valence-corrected chi connectivity index (χ4v) is 1.52. The van der Waals surface area contributed by atoms with Gasteiger partial charge in [-0.25, -0.2) is 4.79 Å². The van der Waals surface area contributed by atoms with Crippen molar-refractivity contribution in [3.63, 3.8) is 0 Å². The maximum atomic E-state index is 11.7. The van der Waals surface area contributed by atoms with E-state index in [-0.39, 0.29) is 6.61 Å². The molecule has 0 bridgehead atoms. The van der Waals surface area contributed by atoms with Crippen LogP contribution in [0.4, 0.5) is 4.79 Å². The van der Waals surface area contributed by atoms with E-state index in [1.807, 2.05) is 6.92 Å². The molecule has 0 atom stereocenters. The highest BCUT2D eigenvalue weighted by atomic mass is 16.5. The molecule has 6 heteroatoms. The van der Waals surface area contributed by atoms with Crippen LogP contribution in [0.25, 0.3) is 0 Å². The van der Waals surface area contributed by atoms with Gasteiger partial charge < -0.3 is 4.74 Å². The molecule has 0 aromatic heterocycles. The number of ether oxygens (including phenoxy) is 1. The normalized spacial score (nSPS) is 19.2. The first-order valence-corrected chi connectivity index (χ1v) is 5.31. The van der Waals surface area contributed by atoms with Crippen molar-refractivity contribution >= 4 is 17.8 Å². The SMILES string of the molecule is CCCOCC1(CC)C(=O)NC(=O)NC1=O. The third kappa shape index (κ3) is 2.21. The minimum Gasteiger partial charge on any atom is -0.380 e. The van der Waals surface area contributed by atoms with Gasteiger partial charge in [0.05, 0.1) is 6.61 Å². The standard InChI is InChI=1S/C10H16N2O4/c1-3-5-16-6-10(4-2)7(13)11-9(15)12-8(10)14/h3-6H2,1-2H3,(H2,11,12,13,14,15). The molecule has 90 valence electrons. The first-order valence-electron chi connectivity index (χ1n) is 5.31. The highest BCUT2D eigenvalue weighted by molar-refractivity contribution is 6.19. The lowest BCUT2D eigenvalue weighted by Crippen LogP contribution is -2.63. The van der Waals surface area contributed by atoms with Crippen LogP contribution in [0.15, 0.2) is 0 Å². The smallest absolute Gasteiger partial charge is 0.328 e. The Labute approximate surface area is 93.7 Å². The number of carbonyl (C=O) groups excluding carboxylic acids is 3. The molecule has 0 radical (unpaired) electrons. The van der Waals surface area contributed by atoms with Gasteiger partial charge in [0, 0.05) is 6.61 Å². The number of carbonyl (C=O) groups is 3. The van der Waals surface area contributed by atoms with E-state index >= 15 is 0 Å². The summed E-state index contributed by atoms with van der Waals surface area (Å²) >= 11 is 0. The summed E-state index contributed by atoms with van der Waals surface area (Å²) in [7, 11) is 0. The summed E-state index contributed by atoms with van der Waals surface area (Å²) in [6.07, 6.45) is 1.10. The third-order valence-electron chi connectivity index (χ3n) is 2.62. The summed E-state index contributed by atoms with van der Waals surface area (Å²) in [4.78, 5) is 34.3. The Morgan fingerprint density at radius 3 is 2.12 bits per heavy atom. The zero-order valence-corrected chi connectivity index (χ0v) is 9.46. The maximum absolute atomic E-state index is 11.7. The molecule has 0 aliphatic carbocycles. The zero-order valence-electron chi connectivity index (χ0n) is 9.46. The van der Waals surface area contributed by atoms with Crippen molar-refractivity contribution in [1.82, 2.24) is 10.6 Å². The number of hydrogen-bond donors (Lipinski definition) is 2. The van der Waals surface area contributed by atoms with Gasteiger partial charge in [0.1, 0.15) is 0 Å². The quantitative estimate of drug-likeness (QED) is 0.519. The van der Waals surface area contributed by atoms with Crippen LogP contribution in [0.1, 0.15) is 26.7 Å². The van der Waals surface area contributed by atoms with Crippen LogP contribution >= 0.6 is 0 Å². The van der Waals surface area contributed by atoms with Gasteiger partial charge in [-0.3, -0.25) is 20.2 Å². The van der Waals surface area contributed by atoms with Crippen LogP contribution in [0.3, 0.4) is 0 Å². The van der Waals surface area contributed by atoms with Gasteiger partial charge in [-0.1, -0.05) is 13.8 Å². The highest BCUT2D eigenvalue weighted by Gasteiger charge is 2.49. The number of urea groups is 1. The number of barbiturate groups is 1. The number of rotatable bonds is 5. The van der Waals surface area contributed by atoms with Gasteiger partial charge in [-0.05, 0) is 12.8 Å². The van der Waals surface area contributed by atoms with Crippen molar-refractivity contribution in [3.8, 4) is 0 Å². The second kappa shape index (κ2) is 5.07. The fourth-order valence-electron chi connectivity index (χ4n) is 1.52. The van der Waals surface area contributed by atoms with Gasteiger partial charge in [-0.15, -0.1) is 0 Å². The summed E-state index contributed by atoms with van der Waals surface area (Å²) in [5, 5.41) is 4.18. The Hall–Kier alpha value is -1.43. The van der Waals surface area contributed by atoms with Crippen LogP contribution < -0.4 is 10.6 Å². The lowest BCUT2D eigenvalue weighted by molar-refractivity contribution is -0.149. The molecule has 4 amide bonds. The monoisotopic (exact) mass is 228 g/mol. The highest BCUT2D eigenvalue weighted by Crippen LogP contribution is 2.25. The summed E-state index contributed by atoms with van der Waals surface area (Å²) in [6.45, 7) is 4.13. The van der Waals surface area contributed by atoms with Crippen LogP contribution in [0.5, 0.6) is 0 Å². The largest absolute Gasteiger partial charge is 0.380 e. The maximum Gasteiger partial charge on any atom is 0.328 e. The van der Waals surface area contributed by atoms with Crippen LogP contribution in [0, 0.1) is 5.41 Å². The molecular formula is C10H16N2O4. The second-order valence-electron chi connectivity index (χ2n) is 3.73. The summed E-state index contributed by atoms with van der Waals surface area (Å²) in [5.41, 5.74) is -1.27. The van der Waals surface area contributed by atoms with Gasteiger partial charge in [0.2, 0.25) is 11.8 Å². The predicted octanol–water partition coefficient (Wildman–Crippen LogP) is 0.175. The molecule has 1 saturated heterocycles. The predicted molar refractivity (Wildman–Crippen MR) is 55.5 cm³/mol. The van der Waals surface area contributed by atoms with Crippen LogP contribution in [-0.2, 0) is 14.3 Å². The Kier molecular flexibility index (Phi) is 4.00. The van der Waals surface area contributed by atoms with Gasteiger partial charge in [-0.2, -0.15) is 0 Å². The van der Waals surface area contributed by atoms with E-state index in [0.717, 1.165) is 6.42 Å². The van der Waals surface area contributed by atoms with E-state index in [1.165, 1.54) is 0 Å². The summed E-state index contributed by atoms with van der Waals surface area (Å²) in [6, 6.07) is -0.769. The number of amides is 4. The van der Waals surface area contributed by atoms with Crippen LogP contribution in [-0.4, -0.2) is 31.1 Å². The van der Waals surface area contributed by atoms with Gasteiger partial charge in [0.15, 0.2) is 5.41 Å². The molecule has 1 rings (SSSR count). The number of nitrogens with one attached hydrogen (secondary N) is 2. The Balaban J connectivity index is 2.79. The molecule has 2 N–H and O–H groups in total. The second-order valence-corrected chi connectivity index (χ2v) is 3.73. The molecule has 0 unspecified atom stereocenters. The molecule has 1 fully saturated rings. The fraction of sp³-hybridized carbons (Fsp3) is 0.700. The topological polar surface area (TPSA) is 84.5 Å². The third-order valence-corrected chi connectivity index (χ3v) is 2.62. The molecule has 0 aromatic carbocycles. The summed E-state index contributed by atoms with van der Waals surface area (Å²) < 4.78 is 5.26. The molecule has 6 nitrogen and oxygen atoms in total. The van der Waals surface area contributed by atoms with Crippen molar-refractivity contribution in [2.75, 3.05) is 13.2 Å². The molecule has 0 aromatic rings. The lowest BCUT2D eigenvalue weighted by Gasteiger charge is -2.32. The minimum absolute atomic E-state index is 0.00227. The molecule has 1 heterocycles. The van der Waals surface area contributed by atoms with Crippen molar-refractivity contribution in [1.29, 1.82) is 0 Å². The molecule has 1 aliphatic rings. The molecule has 0 saturated carbocycles. The van der Waals surface area contributed by atoms with E-state index in [9.17, 15) is 14.4 Å². The minimum atomic E-state index is -1.27. The van der Waals surface area contributed by atoms with E-state index in [1.54, 1.807) is 6.92 Å².